The van der Waals surface area contributed by atoms with E-state index in [2.05, 4.69) is 4.90 Å². The number of cyclic esters (lactones) is 1. The number of carbonyl (C=O) groups excluding carboxylic acids is 2. The van der Waals surface area contributed by atoms with E-state index in [0.29, 0.717) is 38.4 Å². The van der Waals surface area contributed by atoms with Crippen LogP contribution in [0.25, 0.3) is 0 Å². The molecule has 0 spiro atoms. The van der Waals surface area contributed by atoms with E-state index >= 15 is 0 Å². The van der Waals surface area contributed by atoms with Crippen LogP contribution in [0.15, 0.2) is 36.0 Å². The first kappa shape index (κ1) is 40.5. The number of allylic oxidation sites excluding steroid dienone is 2. The zero-order chi connectivity index (χ0) is 36.6. The first-order chi connectivity index (χ1) is 23.7. The number of aliphatic hydroxyl groups excluding tert-OH is 2. The number of aliphatic hydroxyl groups is 3. The molecule has 50 heavy (non-hydrogen) atoms. The molecule has 11 heteroatoms. The van der Waals surface area contributed by atoms with Crippen LogP contribution in [0.4, 0.5) is 4.79 Å². The van der Waals surface area contributed by atoms with Crippen molar-refractivity contribution in [3.63, 3.8) is 0 Å². The Labute approximate surface area is 299 Å². The topological polar surface area (TPSA) is 142 Å². The molecule has 2 saturated heterocycles. The largest absolute Gasteiger partial charge is 0.457 e. The van der Waals surface area contributed by atoms with Crippen LogP contribution in [-0.4, -0.2) is 124 Å². The van der Waals surface area contributed by atoms with Gasteiger partial charge in [-0.3, -0.25) is 9.69 Å². The summed E-state index contributed by atoms with van der Waals surface area (Å²) in [4.78, 5) is 30.8. The summed E-state index contributed by atoms with van der Waals surface area (Å²) in [6.45, 7) is 14.2. The number of hydrogen-bond donors (Lipinski definition) is 3. The maximum atomic E-state index is 13.5. The molecule has 1 amide bonds. The van der Waals surface area contributed by atoms with E-state index in [9.17, 15) is 24.9 Å². The number of rotatable bonds is 11. The molecule has 4 aliphatic rings. The van der Waals surface area contributed by atoms with Crippen LogP contribution in [0.2, 0.25) is 0 Å². The van der Waals surface area contributed by atoms with Crippen LogP contribution in [-0.2, 0) is 23.7 Å². The molecule has 1 saturated carbocycles. The molecule has 10 atom stereocenters. The third kappa shape index (κ3) is 11.1. The lowest BCUT2D eigenvalue weighted by Gasteiger charge is -2.40. The van der Waals surface area contributed by atoms with Gasteiger partial charge in [0.25, 0.3) is 0 Å². The molecular formula is C39H64N2O9. The minimum atomic E-state index is -1.14. The second-order valence-electron chi connectivity index (χ2n) is 15.6. The first-order valence-electron chi connectivity index (χ1n) is 18.9. The Morgan fingerprint density at radius 2 is 1.86 bits per heavy atom. The minimum absolute atomic E-state index is 0.00219. The Kier molecular flexibility index (Phi) is 14.6. The Morgan fingerprint density at radius 1 is 1.18 bits per heavy atom. The van der Waals surface area contributed by atoms with Gasteiger partial charge < -0.3 is 39.2 Å². The summed E-state index contributed by atoms with van der Waals surface area (Å²) in [5.41, 5.74) is -1.33. The molecular weight excluding hydrogens is 640 g/mol. The molecule has 3 N–H and O–H groups in total. The fourth-order valence-electron chi connectivity index (χ4n) is 7.73. The Balaban J connectivity index is 1.45. The predicted molar refractivity (Wildman–Crippen MR) is 191 cm³/mol. The first-order valence-corrected chi connectivity index (χ1v) is 18.9. The number of piperazine rings is 1. The summed E-state index contributed by atoms with van der Waals surface area (Å²) in [5.74, 6) is -0.825. The third-order valence-electron chi connectivity index (χ3n) is 11.5. The van der Waals surface area contributed by atoms with Crippen molar-refractivity contribution in [1.29, 1.82) is 0 Å². The second-order valence-corrected chi connectivity index (χ2v) is 15.6. The van der Waals surface area contributed by atoms with E-state index in [0.717, 1.165) is 18.7 Å². The van der Waals surface area contributed by atoms with E-state index in [-0.39, 0.29) is 43.0 Å². The monoisotopic (exact) mass is 704 g/mol. The maximum Gasteiger partial charge on any atom is 0.410 e. The number of nitrogens with zero attached hydrogens (tertiary/aromatic N) is 2. The van der Waals surface area contributed by atoms with Crippen LogP contribution in [0, 0.1) is 11.8 Å². The number of carbonyl (C=O) groups is 2. The highest BCUT2D eigenvalue weighted by molar-refractivity contribution is 5.70. The number of epoxide rings is 1. The molecule has 4 rings (SSSR count). The van der Waals surface area contributed by atoms with Crippen molar-refractivity contribution >= 4 is 12.1 Å². The Bertz CT molecular complexity index is 1210. The van der Waals surface area contributed by atoms with E-state index in [4.69, 9.17) is 18.9 Å². The standard InChI is InChI=1S/C39H64N2O9/c1-8-31(43)28(4)36-32(48-36)25-38(5,46)18-11-12-26(2)35-27(3)15-16-33(39(6,47-7)19-17-30(42)24-34(44)50-35)49-37(45)41-22-20-40(21-23-41)29-13-9-10-14-29/h11-12,15-16,18,27-33,35-36,42-43,46H,8-10,13-14,17,19-25H2,1-7H3. The van der Waals surface area contributed by atoms with Gasteiger partial charge in [-0.15, -0.1) is 0 Å². The van der Waals surface area contributed by atoms with Crippen molar-refractivity contribution in [1.82, 2.24) is 9.80 Å². The summed E-state index contributed by atoms with van der Waals surface area (Å²) in [5, 5.41) is 32.0. The van der Waals surface area contributed by atoms with Gasteiger partial charge >= 0.3 is 12.1 Å². The van der Waals surface area contributed by atoms with E-state index in [1.54, 1.807) is 31.1 Å². The summed E-state index contributed by atoms with van der Waals surface area (Å²) in [6, 6.07) is 0.621. The minimum Gasteiger partial charge on any atom is -0.457 e. The van der Waals surface area contributed by atoms with E-state index < -0.39 is 41.6 Å². The summed E-state index contributed by atoms with van der Waals surface area (Å²) >= 11 is 0. The lowest BCUT2D eigenvalue weighted by Crippen LogP contribution is -2.53. The highest BCUT2D eigenvalue weighted by Gasteiger charge is 2.47. The van der Waals surface area contributed by atoms with Crippen LogP contribution >= 0.6 is 0 Å². The average molecular weight is 705 g/mol. The lowest BCUT2D eigenvalue weighted by molar-refractivity contribution is -0.151. The van der Waals surface area contributed by atoms with Gasteiger partial charge in [0.1, 0.15) is 11.7 Å². The molecule has 284 valence electrons. The molecule has 0 aromatic heterocycles. The highest BCUT2D eigenvalue weighted by atomic mass is 16.6. The van der Waals surface area contributed by atoms with Gasteiger partial charge in [0.15, 0.2) is 6.10 Å². The number of methoxy groups -OCH3 is 1. The fourth-order valence-corrected chi connectivity index (χ4v) is 7.73. The zero-order valence-corrected chi connectivity index (χ0v) is 31.5. The SMILES string of the molecule is CCC(O)C(C)C1OC1CC(C)(O)C=CC=C(C)C1OC(=O)CC(O)CCC(C)(OC)C(OC(=O)N2CCN(C3CCCC3)CC2)C=CC1C. The van der Waals surface area contributed by atoms with E-state index in [1.165, 1.54) is 25.7 Å². The Hall–Kier alpha value is -2.28. The normalized spacial score (nSPS) is 34.8. The van der Waals surface area contributed by atoms with Crippen LogP contribution in [0.1, 0.15) is 99.3 Å². The predicted octanol–water partition coefficient (Wildman–Crippen LogP) is 4.92. The molecule has 1 aliphatic carbocycles. The van der Waals surface area contributed by atoms with E-state index in [1.807, 2.05) is 52.8 Å². The molecule has 0 aromatic carbocycles. The molecule has 3 heterocycles. The van der Waals surface area contributed by atoms with Crippen molar-refractivity contribution in [2.75, 3.05) is 33.3 Å². The van der Waals surface area contributed by atoms with Gasteiger partial charge in [-0.05, 0) is 64.5 Å². The summed E-state index contributed by atoms with van der Waals surface area (Å²) in [6.07, 6.45) is 12.1. The van der Waals surface area contributed by atoms with Gasteiger partial charge in [-0.2, -0.15) is 0 Å². The molecule has 0 aromatic rings. The van der Waals surface area contributed by atoms with Crippen LogP contribution in [0.5, 0.6) is 0 Å². The van der Waals surface area contributed by atoms with Gasteiger partial charge in [-0.1, -0.05) is 57.9 Å². The van der Waals surface area contributed by atoms with Gasteiger partial charge in [0.2, 0.25) is 0 Å². The number of hydrogen-bond acceptors (Lipinski definition) is 10. The number of ether oxygens (including phenoxy) is 4. The molecule has 0 radical (unpaired) electrons. The van der Waals surface area contributed by atoms with Crippen LogP contribution < -0.4 is 0 Å². The Morgan fingerprint density at radius 3 is 2.50 bits per heavy atom. The number of amides is 1. The van der Waals surface area contributed by atoms with Crippen molar-refractivity contribution in [3.05, 3.63) is 36.0 Å². The quantitative estimate of drug-likeness (QED) is 0.117. The molecule has 0 bridgehead atoms. The van der Waals surface area contributed by atoms with Crippen molar-refractivity contribution in [2.24, 2.45) is 11.8 Å². The van der Waals surface area contributed by atoms with Crippen molar-refractivity contribution < 1.29 is 43.9 Å². The van der Waals surface area contributed by atoms with Gasteiger partial charge in [0.05, 0.1) is 36.4 Å². The molecule has 10 unspecified atom stereocenters. The van der Waals surface area contributed by atoms with Gasteiger partial charge in [0, 0.05) is 57.6 Å². The smallest absolute Gasteiger partial charge is 0.410 e. The van der Waals surface area contributed by atoms with Gasteiger partial charge in [-0.25, -0.2) is 4.79 Å². The van der Waals surface area contributed by atoms with Crippen molar-refractivity contribution in [3.8, 4) is 0 Å². The third-order valence-corrected chi connectivity index (χ3v) is 11.5. The molecule has 11 nitrogen and oxygen atoms in total. The molecule has 3 aliphatic heterocycles. The number of esters is 1. The summed E-state index contributed by atoms with van der Waals surface area (Å²) in [7, 11) is 1.58. The highest BCUT2D eigenvalue weighted by Crippen LogP contribution is 2.38. The maximum absolute atomic E-state index is 13.5. The lowest BCUT2D eigenvalue weighted by atomic mass is 9.88. The second kappa shape index (κ2) is 18.0. The molecule has 3 fully saturated rings. The zero-order valence-electron chi connectivity index (χ0n) is 31.5. The van der Waals surface area contributed by atoms with Crippen molar-refractivity contribution in [2.45, 2.75) is 153 Å². The summed E-state index contributed by atoms with van der Waals surface area (Å²) < 4.78 is 23.8. The van der Waals surface area contributed by atoms with Crippen LogP contribution in [0.3, 0.4) is 0 Å². The fraction of sp³-hybridized carbons (Fsp3) is 0.795. The average Bonchev–Trinajstić information content (AvgIpc) is 3.60.